The first-order chi connectivity index (χ1) is 11.1. The minimum absolute atomic E-state index is 0.196. The molecular weight excluding hydrogens is 305 g/mol. The molecule has 0 aliphatic carbocycles. The van der Waals surface area contributed by atoms with Gasteiger partial charge in [-0.05, 0) is 18.9 Å². The number of nitrogens with zero attached hydrogens (tertiary/aromatic N) is 4. The van der Waals surface area contributed by atoms with Gasteiger partial charge in [-0.3, -0.25) is 10.1 Å². The van der Waals surface area contributed by atoms with E-state index in [0.717, 1.165) is 31.3 Å². The zero-order valence-electron chi connectivity index (χ0n) is 12.5. The lowest BCUT2D eigenvalue weighted by Gasteiger charge is -2.24. The van der Waals surface area contributed by atoms with Crippen LogP contribution in [0.4, 0.5) is 15.8 Å². The van der Waals surface area contributed by atoms with E-state index in [1.807, 2.05) is 0 Å². The van der Waals surface area contributed by atoms with Crippen LogP contribution in [0.15, 0.2) is 18.2 Å². The molecule has 1 atom stereocenters. The number of halogens is 1. The third-order valence-corrected chi connectivity index (χ3v) is 3.69. The number of hydrogen-bond donors (Lipinski definition) is 1. The summed E-state index contributed by atoms with van der Waals surface area (Å²) in [5.41, 5.74) is -0.0624. The number of benzene rings is 1. The predicted molar refractivity (Wildman–Crippen MR) is 79.4 cm³/mol. The number of rotatable bonds is 5. The van der Waals surface area contributed by atoms with Crippen LogP contribution >= 0.6 is 0 Å². The Labute approximate surface area is 131 Å². The molecule has 1 aliphatic heterocycles. The van der Waals surface area contributed by atoms with Gasteiger partial charge in [0, 0.05) is 19.7 Å². The standard InChI is InChI=1S/C14H16FN5O3/c1-23-8-13-17-14-12(3-2-6-19(14)18-13)16-11-5-4-9(20(21)22)7-10(11)15/h4-5,7,12,16H,2-3,6,8H2,1H3. The fourth-order valence-corrected chi connectivity index (χ4v) is 2.65. The molecule has 1 aromatic carbocycles. The molecule has 1 unspecified atom stereocenters. The van der Waals surface area contributed by atoms with Crippen molar-refractivity contribution < 1.29 is 14.1 Å². The van der Waals surface area contributed by atoms with Gasteiger partial charge in [-0.2, -0.15) is 5.10 Å². The first kappa shape index (κ1) is 15.3. The number of methoxy groups -OCH3 is 1. The molecule has 0 amide bonds. The number of non-ortho nitro benzene ring substituents is 1. The van der Waals surface area contributed by atoms with E-state index in [0.29, 0.717) is 12.4 Å². The van der Waals surface area contributed by atoms with Gasteiger partial charge in [0.25, 0.3) is 5.69 Å². The van der Waals surface area contributed by atoms with Crippen molar-refractivity contribution in [3.05, 3.63) is 45.8 Å². The molecule has 23 heavy (non-hydrogen) atoms. The number of anilines is 1. The summed E-state index contributed by atoms with van der Waals surface area (Å²) in [6.07, 6.45) is 1.66. The van der Waals surface area contributed by atoms with Gasteiger partial charge in [0.15, 0.2) is 11.6 Å². The number of nitro groups is 1. The zero-order chi connectivity index (χ0) is 16.4. The van der Waals surface area contributed by atoms with Gasteiger partial charge in [0.1, 0.15) is 12.4 Å². The van der Waals surface area contributed by atoms with Crippen LogP contribution in [-0.2, 0) is 17.9 Å². The van der Waals surface area contributed by atoms with Gasteiger partial charge in [-0.25, -0.2) is 14.1 Å². The molecule has 1 aromatic heterocycles. The molecule has 0 radical (unpaired) electrons. The van der Waals surface area contributed by atoms with Gasteiger partial charge in [0.05, 0.1) is 22.7 Å². The third kappa shape index (κ3) is 3.14. The van der Waals surface area contributed by atoms with Gasteiger partial charge in [-0.1, -0.05) is 0 Å². The molecule has 0 spiro atoms. The Morgan fingerprint density at radius 1 is 1.57 bits per heavy atom. The molecule has 0 saturated heterocycles. The van der Waals surface area contributed by atoms with Crippen LogP contribution in [-0.4, -0.2) is 26.8 Å². The van der Waals surface area contributed by atoms with Gasteiger partial charge < -0.3 is 10.1 Å². The lowest BCUT2D eigenvalue weighted by Crippen LogP contribution is -2.23. The number of nitro benzene ring substituents is 1. The Morgan fingerprint density at radius 2 is 2.39 bits per heavy atom. The van der Waals surface area contributed by atoms with Crippen molar-refractivity contribution in [2.75, 3.05) is 12.4 Å². The van der Waals surface area contributed by atoms with E-state index in [-0.39, 0.29) is 17.4 Å². The minimum atomic E-state index is -0.659. The molecular formula is C14H16FN5O3. The quantitative estimate of drug-likeness (QED) is 0.671. The van der Waals surface area contributed by atoms with Gasteiger partial charge >= 0.3 is 0 Å². The predicted octanol–water partition coefficient (Wildman–Crippen LogP) is 2.42. The van der Waals surface area contributed by atoms with Crippen LogP contribution in [0.3, 0.4) is 0 Å². The summed E-state index contributed by atoms with van der Waals surface area (Å²) >= 11 is 0. The summed E-state index contributed by atoms with van der Waals surface area (Å²) in [4.78, 5) is 14.5. The number of aromatic nitrogens is 3. The maximum absolute atomic E-state index is 14.0. The topological polar surface area (TPSA) is 95.1 Å². The molecule has 0 fully saturated rings. The Kier molecular flexibility index (Phi) is 4.20. The maximum Gasteiger partial charge on any atom is 0.272 e. The van der Waals surface area contributed by atoms with Crippen LogP contribution in [0.5, 0.6) is 0 Å². The Bertz CT molecular complexity index is 733. The normalized spacial score (nSPS) is 16.9. The number of fused-ring (bicyclic) bond motifs is 1. The Morgan fingerprint density at radius 3 is 3.09 bits per heavy atom. The van der Waals surface area contributed by atoms with E-state index < -0.39 is 10.7 Å². The lowest BCUT2D eigenvalue weighted by molar-refractivity contribution is -0.385. The van der Waals surface area contributed by atoms with Crippen molar-refractivity contribution in [1.29, 1.82) is 0 Å². The number of nitrogens with one attached hydrogen (secondary N) is 1. The fraction of sp³-hybridized carbons (Fsp3) is 0.429. The molecule has 1 N–H and O–H groups in total. The summed E-state index contributed by atoms with van der Waals surface area (Å²) < 4.78 is 20.9. The van der Waals surface area contributed by atoms with Crippen molar-refractivity contribution in [3.63, 3.8) is 0 Å². The van der Waals surface area contributed by atoms with Gasteiger partial charge in [-0.15, -0.1) is 0 Å². The van der Waals surface area contributed by atoms with Crippen LogP contribution in [0.1, 0.15) is 30.5 Å². The van der Waals surface area contributed by atoms with E-state index in [1.54, 1.807) is 11.8 Å². The van der Waals surface area contributed by atoms with Crippen molar-refractivity contribution in [2.45, 2.75) is 32.0 Å². The molecule has 3 rings (SSSR count). The molecule has 0 saturated carbocycles. The lowest BCUT2D eigenvalue weighted by atomic mass is 10.1. The molecule has 0 bridgehead atoms. The monoisotopic (exact) mass is 321 g/mol. The average Bonchev–Trinajstić information content (AvgIpc) is 2.93. The number of ether oxygens (including phenoxy) is 1. The smallest absolute Gasteiger partial charge is 0.272 e. The first-order valence-corrected chi connectivity index (χ1v) is 7.21. The largest absolute Gasteiger partial charge is 0.377 e. The summed E-state index contributed by atoms with van der Waals surface area (Å²) in [6, 6.07) is 3.36. The van der Waals surface area contributed by atoms with Crippen molar-refractivity contribution in [3.8, 4) is 0 Å². The third-order valence-electron chi connectivity index (χ3n) is 3.69. The molecule has 2 heterocycles. The molecule has 122 valence electrons. The Balaban J connectivity index is 1.83. The van der Waals surface area contributed by atoms with Gasteiger partial charge in [0.2, 0.25) is 0 Å². The number of aryl methyl sites for hydroxylation is 1. The van der Waals surface area contributed by atoms with Crippen LogP contribution in [0.25, 0.3) is 0 Å². The fourth-order valence-electron chi connectivity index (χ4n) is 2.65. The van der Waals surface area contributed by atoms with Crippen LogP contribution in [0.2, 0.25) is 0 Å². The van der Waals surface area contributed by atoms with Crippen LogP contribution < -0.4 is 5.32 Å². The highest BCUT2D eigenvalue weighted by molar-refractivity contribution is 5.51. The summed E-state index contributed by atoms with van der Waals surface area (Å²) in [5.74, 6) is 0.648. The van der Waals surface area contributed by atoms with Crippen LogP contribution in [0, 0.1) is 15.9 Å². The van der Waals surface area contributed by atoms with E-state index in [9.17, 15) is 14.5 Å². The van der Waals surface area contributed by atoms with E-state index in [1.165, 1.54) is 12.1 Å². The second-order valence-electron chi connectivity index (χ2n) is 5.30. The maximum atomic E-state index is 14.0. The highest BCUT2D eigenvalue weighted by Gasteiger charge is 2.25. The number of hydrogen-bond acceptors (Lipinski definition) is 6. The second kappa shape index (κ2) is 6.29. The van der Waals surface area contributed by atoms with E-state index in [4.69, 9.17) is 4.74 Å². The minimum Gasteiger partial charge on any atom is -0.377 e. The summed E-state index contributed by atoms with van der Waals surface area (Å²) in [7, 11) is 1.57. The van der Waals surface area contributed by atoms with Crippen molar-refractivity contribution in [2.24, 2.45) is 0 Å². The summed E-state index contributed by atoms with van der Waals surface area (Å²) in [5, 5.41) is 18.1. The summed E-state index contributed by atoms with van der Waals surface area (Å²) in [6.45, 7) is 1.07. The SMILES string of the molecule is COCc1nc2n(n1)CCCC2Nc1ccc([N+](=O)[O-])cc1F. The zero-order valence-corrected chi connectivity index (χ0v) is 12.5. The van der Waals surface area contributed by atoms with E-state index >= 15 is 0 Å². The highest BCUT2D eigenvalue weighted by Crippen LogP contribution is 2.29. The average molecular weight is 321 g/mol. The van der Waals surface area contributed by atoms with E-state index in [2.05, 4.69) is 15.4 Å². The van der Waals surface area contributed by atoms with Crippen molar-refractivity contribution in [1.82, 2.24) is 14.8 Å². The molecule has 8 nitrogen and oxygen atoms in total. The molecule has 1 aliphatic rings. The Hall–Kier alpha value is -2.55. The van der Waals surface area contributed by atoms with Crippen molar-refractivity contribution >= 4 is 11.4 Å². The highest BCUT2D eigenvalue weighted by atomic mass is 19.1. The second-order valence-corrected chi connectivity index (χ2v) is 5.30. The molecule has 2 aromatic rings. The first-order valence-electron chi connectivity index (χ1n) is 7.21. The molecule has 9 heteroatoms.